The topological polar surface area (TPSA) is 99.9 Å². The van der Waals surface area contributed by atoms with Crippen molar-refractivity contribution in [2.45, 2.75) is 20.0 Å². The zero-order valence-electron chi connectivity index (χ0n) is 19.2. The van der Waals surface area contributed by atoms with Crippen LogP contribution in [0.15, 0.2) is 69.4 Å². The second-order valence-electron chi connectivity index (χ2n) is 7.88. The molecule has 0 atom stereocenters. The van der Waals surface area contributed by atoms with E-state index < -0.39 is 35.1 Å². The first-order valence-electron chi connectivity index (χ1n) is 10.9. The van der Waals surface area contributed by atoms with E-state index in [9.17, 15) is 32.3 Å². The summed E-state index contributed by atoms with van der Waals surface area (Å²) in [5, 5.41) is 2.97. The Balaban J connectivity index is 1.59. The lowest BCUT2D eigenvalue weighted by molar-refractivity contribution is -0.128. The average molecular weight is 499 g/mol. The molecule has 0 saturated carbocycles. The van der Waals surface area contributed by atoms with Crippen molar-refractivity contribution in [3.8, 4) is 0 Å². The standard InChI is InChI=1S/C25H20F3N3O5/c1-3-30(4-2)16-9-8-14-10-18(24(35)36-20(14)12-16)22(33)29-15-6-5-7-17(11-15)31-21(32)13-19(23(31)34)25(26,27)28/h5-13H,3-4H2,1-2H3,(H,29,33). The Bertz CT molecular complexity index is 1470. The van der Waals surface area contributed by atoms with E-state index in [1.807, 2.05) is 19.9 Å². The maximum Gasteiger partial charge on any atom is 0.421 e. The highest BCUT2D eigenvalue weighted by molar-refractivity contribution is 6.31. The molecule has 11 heteroatoms. The van der Waals surface area contributed by atoms with Gasteiger partial charge in [0, 0.05) is 42.0 Å². The van der Waals surface area contributed by atoms with Gasteiger partial charge in [-0.2, -0.15) is 13.2 Å². The van der Waals surface area contributed by atoms with Crippen LogP contribution in [0.25, 0.3) is 11.0 Å². The van der Waals surface area contributed by atoms with E-state index in [0.29, 0.717) is 15.9 Å². The predicted molar refractivity (Wildman–Crippen MR) is 127 cm³/mol. The van der Waals surface area contributed by atoms with Crippen LogP contribution in [0.5, 0.6) is 0 Å². The Morgan fingerprint density at radius 1 is 1.03 bits per heavy atom. The van der Waals surface area contributed by atoms with E-state index in [4.69, 9.17) is 4.42 Å². The summed E-state index contributed by atoms with van der Waals surface area (Å²) in [7, 11) is 0. The molecule has 3 aromatic rings. The fraction of sp³-hybridized carbons (Fsp3) is 0.200. The summed E-state index contributed by atoms with van der Waals surface area (Å²) in [6, 6.07) is 11.8. The van der Waals surface area contributed by atoms with Crippen LogP contribution in [-0.4, -0.2) is 37.0 Å². The van der Waals surface area contributed by atoms with Gasteiger partial charge in [-0.25, -0.2) is 9.69 Å². The van der Waals surface area contributed by atoms with Crippen LogP contribution in [-0.2, 0) is 9.59 Å². The van der Waals surface area contributed by atoms with E-state index in [0.717, 1.165) is 24.8 Å². The molecule has 2 heterocycles. The Labute approximate surface area is 202 Å². The molecule has 1 aliphatic heterocycles. The third-order valence-electron chi connectivity index (χ3n) is 5.68. The highest BCUT2D eigenvalue weighted by atomic mass is 19.4. The summed E-state index contributed by atoms with van der Waals surface area (Å²) in [6.45, 7) is 5.50. The number of amides is 3. The van der Waals surface area contributed by atoms with Crippen molar-refractivity contribution in [3.63, 3.8) is 0 Å². The lowest BCUT2D eigenvalue weighted by Gasteiger charge is -2.21. The lowest BCUT2D eigenvalue weighted by atomic mass is 10.1. The van der Waals surface area contributed by atoms with Crippen LogP contribution in [0.1, 0.15) is 24.2 Å². The summed E-state index contributed by atoms with van der Waals surface area (Å²) in [6.07, 6.45) is -4.76. The second-order valence-corrected chi connectivity index (χ2v) is 7.88. The number of rotatable bonds is 6. The molecule has 1 N–H and O–H groups in total. The molecule has 186 valence electrons. The number of carbonyl (C=O) groups is 3. The number of hydrogen-bond acceptors (Lipinski definition) is 6. The second kappa shape index (κ2) is 9.33. The van der Waals surface area contributed by atoms with Gasteiger partial charge in [-0.05, 0) is 50.2 Å². The first-order valence-corrected chi connectivity index (χ1v) is 10.9. The summed E-state index contributed by atoms with van der Waals surface area (Å²) >= 11 is 0. The molecule has 8 nitrogen and oxygen atoms in total. The molecular formula is C25H20F3N3O5. The van der Waals surface area contributed by atoms with Crippen LogP contribution in [0, 0.1) is 0 Å². The SMILES string of the molecule is CCN(CC)c1ccc2cc(C(=O)Nc3cccc(N4C(=O)C=C(C(F)(F)F)C4=O)c3)c(=O)oc2c1. The van der Waals surface area contributed by atoms with Crippen LogP contribution in [0.2, 0.25) is 0 Å². The number of benzene rings is 2. The summed E-state index contributed by atoms with van der Waals surface area (Å²) in [5.41, 5.74) is -1.71. The minimum Gasteiger partial charge on any atom is -0.422 e. The minimum absolute atomic E-state index is 0.0509. The molecule has 0 aliphatic carbocycles. The monoisotopic (exact) mass is 499 g/mol. The van der Waals surface area contributed by atoms with Crippen molar-refractivity contribution in [2.24, 2.45) is 0 Å². The number of fused-ring (bicyclic) bond motifs is 1. The molecule has 1 aliphatic rings. The number of carbonyl (C=O) groups excluding carboxylic acids is 3. The van der Waals surface area contributed by atoms with Gasteiger partial charge < -0.3 is 14.6 Å². The molecule has 0 spiro atoms. The van der Waals surface area contributed by atoms with Gasteiger partial charge in [0.05, 0.1) is 5.69 Å². The van der Waals surface area contributed by atoms with Gasteiger partial charge in [0.2, 0.25) is 0 Å². The fourth-order valence-electron chi connectivity index (χ4n) is 3.88. The largest absolute Gasteiger partial charge is 0.422 e. The molecule has 0 radical (unpaired) electrons. The number of halogens is 3. The maximum atomic E-state index is 13.0. The molecule has 0 bridgehead atoms. The predicted octanol–water partition coefficient (Wildman–Crippen LogP) is 4.25. The number of nitrogens with one attached hydrogen (secondary N) is 1. The number of imide groups is 1. The van der Waals surface area contributed by atoms with Gasteiger partial charge in [-0.1, -0.05) is 6.07 Å². The van der Waals surface area contributed by atoms with E-state index in [1.54, 1.807) is 12.1 Å². The summed E-state index contributed by atoms with van der Waals surface area (Å²) < 4.78 is 44.3. The van der Waals surface area contributed by atoms with Gasteiger partial charge in [-0.3, -0.25) is 14.4 Å². The van der Waals surface area contributed by atoms with Gasteiger partial charge in [0.25, 0.3) is 17.7 Å². The summed E-state index contributed by atoms with van der Waals surface area (Å²) in [4.78, 5) is 52.0. The number of nitrogens with zero attached hydrogens (tertiary/aromatic N) is 2. The van der Waals surface area contributed by atoms with Crippen molar-refractivity contribution in [2.75, 3.05) is 28.2 Å². The normalized spacial score (nSPS) is 13.8. The molecule has 2 aromatic carbocycles. The van der Waals surface area contributed by atoms with Crippen molar-refractivity contribution < 1.29 is 32.0 Å². The quantitative estimate of drug-likeness (QED) is 0.402. The Morgan fingerprint density at radius 3 is 2.39 bits per heavy atom. The summed E-state index contributed by atoms with van der Waals surface area (Å²) in [5.74, 6) is -3.51. The van der Waals surface area contributed by atoms with Crippen LogP contribution >= 0.6 is 0 Å². The first-order chi connectivity index (χ1) is 17.0. The zero-order chi connectivity index (χ0) is 26.2. The number of alkyl halides is 3. The van der Waals surface area contributed by atoms with Gasteiger partial charge in [0.1, 0.15) is 16.7 Å². The van der Waals surface area contributed by atoms with Crippen molar-refractivity contribution in [1.82, 2.24) is 0 Å². The molecule has 1 aromatic heterocycles. The highest BCUT2D eigenvalue weighted by Gasteiger charge is 2.47. The van der Waals surface area contributed by atoms with E-state index in [2.05, 4.69) is 10.2 Å². The van der Waals surface area contributed by atoms with E-state index in [-0.39, 0.29) is 23.0 Å². The van der Waals surface area contributed by atoms with Crippen LogP contribution < -0.4 is 20.7 Å². The van der Waals surface area contributed by atoms with Crippen LogP contribution in [0.4, 0.5) is 30.2 Å². The Kier molecular flexibility index (Phi) is 6.40. The molecule has 0 unspecified atom stereocenters. The third kappa shape index (κ3) is 4.59. The Morgan fingerprint density at radius 2 is 1.75 bits per heavy atom. The van der Waals surface area contributed by atoms with E-state index >= 15 is 0 Å². The molecule has 4 rings (SSSR count). The van der Waals surface area contributed by atoms with Crippen molar-refractivity contribution in [3.05, 3.63) is 76.2 Å². The molecule has 3 amide bonds. The fourth-order valence-corrected chi connectivity index (χ4v) is 3.88. The lowest BCUT2D eigenvalue weighted by Crippen LogP contribution is -2.33. The molecule has 36 heavy (non-hydrogen) atoms. The Hall–Kier alpha value is -4.41. The molecule has 0 saturated heterocycles. The number of anilines is 3. The van der Waals surface area contributed by atoms with Crippen molar-refractivity contribution in [1.29, 1.82) is 0 Å². The van der Waals surface area contributed by atoms with E-state index in [1.165, 1.54) is 24.3 Å². The third-order valence-corrected chi connectivity index (χ3v) is 5.68. The first kappa shape index (κ1) is 24.7. The molecular weight excluding hydrogens is 479 g/mol. The van der Waals surface area contributed by atoms with Gasteiger partial charge in [-0.15, -0.1) is 0 Å². The zero-order valence-corrected chi connectivity index (χ0v) is 19.2. The maximum absolute atomic E-state index is 13.0. The minimum atomic E-state index is -4.98. The van der Waals surface area contributed by atoms with Crippen molar-refractivity contribution >= 4 is 45.8 Å². The highest BCUT2D eigenvalue weighted by Crippen LogP contribution is 2.34. The molecule has 0 fully saturated rings. The smallest absolute Gasteiger partial charge is 0.421 e. The van der Waals surface area contributed by atoms with Gasteiger partial charge in [0.15, 0.2) is 0 Å². The van der Waals surface area contributed by atoms with Gasteiger partial charge >= 0.3 is 11.8 Å². The van der Waals surface area contributed by atoms with Crippen LogP contribution in [0.3, 0.4) is 0 Å². The number of hydrogen-bond donors (Lipinski definition) is 1. The average Bonchev–Trinajstić information content (AvgIpc) is 3.13.